The highest BCUT2D eigenvalue weighted by atomic mass is 35.5. The van der Waals surface area contributed by atoms with Gasteiger partial charge in [-0.05, 0) is 18.9 Å². The minimum Gasteiger partial charge on any atom is -0.481 e. The molecule has 1 aromatic rings. The lowest BCUT2D eigenvalue weighted by atomic mass is 10.2. The highest BCUT2D eigenvalue weighted by molar-refractivity contribution is 6.42. The SMILES string of the molecule is O=C(O)CCCCNc1cc(Cl)c(Cl)cc1[N+](=O)[O-]. The van der Waals surface area contributed by atoms with Crippen LogP contribution in [0.4, 0.5) is 11.4 Å². The van der Waals surface area contributed by atoms with Crippen molar-refractivity contribution in [3.05, 3.63) is 32.3 Å². The summed E-state index contributed by atoms with van der Waals surface area (Å²) in [6, 6.07) is 2.57. The summed E-state index contributed by atoms with van der Waals surface area (Å²) in [4.78, 5) is 20.6. The molecule has 0 amide bonds. The van der Waals surface area contributed by atoms with E-state index in [0.29, 0.717) is 19.4 Å². The number of hydrogen-bond acceptors (Lipinski definition) is 4. The van der Waals surface area contributed by atoms with Gasteiger partial charge >= 0.3 is 5.97 Å². The molecule has 0 saturated carbocycles. The van der Waals surface area contributed by atoms with Crippen LogP contribution in [-0.2, 0) is 4.79 Å². The number of carboxylic acids is 1. The third-order valence-electron chi connectivity index (χ3n) is 2.37. The Morgan fingerprint density at radius 1 is 1.32 bits per heavy atom. The normalized spacial score (nSPS) is 10.2. The molecule has 8 heteroatoms. The second-order valence-electron chi connectivity index (χ2n) is 3.82. The number of carboxylic acid groups (broad SMARTS) is 1. The summed E-state index contributed by atoms with van der Waals surface area (Å²) in [5, 5.41) is 22.5. The molecule has 0 fully saturated rings. The minimum atomic E-state index is -0.861. The molecule has 0 atom stereocenters. The van der Waals surface area contributed by atoms with Crippen LogP contribution in [0.15, 0.2) is 12.1 Å². The minimum absolute atomic E-state index is 0.0746. The predicted molar refractivity (Wildman–Crippen MR) is 73.1 cm³/mol. The summed E-state index contributed by atoms with van der Waals surface area (Å²) in [6.45, 7) is 0.423. The fourth-order valence-corrected chi connectivity index (χ4v) is 1.77. The Morgan fingerprint density at radius 2 is 1.95 bits per heavy atom. The van der Waals surface area contributed by atoms with Gasteiger partial charge in [0.15, 0.2) is 0 Å². The van der Waals surface area contributed by atoms with E-state index in [4.69, 9.17) is 28.3 Å². The molecule has 0 saturated heterocycles. The van der Waals surface area contributed by atoms with Gasteiger partial charge in [0.1, 0.15) is 5.69 Å². The van der Waals surface area contributed by atoms with Crippen LogP contribution in [0.25, 0.3) is 0 Å². The molecule has 2 N–H and O–H groups in total. The summed E-state index contributed by atoms with van der Waals surface area (Å²) in [7, 11) is 0. The third-order valence-corrected chi connectivity index (χ3v) is 3.09. The number of benzene rings is 1. The number of anilines is 1. The maximum Gasteiger partial charge on any atom is 0.303 e. The van der Waals surface area contributed by atoms with Gasteiger partial charge in [0.25, 0.3) is 5.69 Å². The van der Waals surface area contributed by atoms with Crippen LogP contribution in [0.2, 0.25) is 10.0 Å². The average Bonchev–Trinajstić information content (AvgIpc) is 2.32. The van der Waals surface area contributed by atoms with E-state index in [1.165, 1.54) is 12.1 Å². The smallest absolute Gasteiger partial charge is 0.303 e. The Bertz CT molecular complexity index is 494. The summed E-state index contributed by atoms with van der Waals surface area (Å²) in [5.41, 5.74) is 0.113. The van der Waals surface area contributed by atoms with Gasteiger partial charge in [0, 0.05) is 19.0 Å². The van der Waals surface area contributed by atoms with E-state index in [2.05, 4.69) is 5.32 Å². The van der Waals surface area contributed by atoms with E-state index >= 15 is 0 Å². The quantitative estimate of drug-likeness (QED) is 0.456. The van der Waals surface area contributed by atoms with Gasteiger partial charge in [-0.2, -0.15) is 0 Å². The van der Waals surface area contributed by atoms with Gasteiger partial charge in [-0.1, -0.05) is 23.2 Å². The van der Waals surface area contributed by atoms with Crippen LogP contribution in [0.5, 0.6) is 0 Å². The van der Waals surface area contributed by atoms with Crippen molar-refractivity contribution in [1.29, 1.82) is 0 Å². The molecule has 19 heavy (non-hydrogen) atoms. The average molecular weight is 307 g/mol. The molecule has 0 aromatic heterocycles. The molecule has 0 aliphatic carbocycles. The molecule has 0 spiro atoms. The molecule has 0 unspecified atom stereocenters. The highest BCUT2D eigenvalue weighted by Gasteiger charge is 2.16. The number of rotatable bonds is 7. The zero-order valence-corrected chi connectivity index (χ0v) is 11.4. The standard InChI is InChI=1S/C11H12Cl2N2O4/c12-7-5-9(10(15(18)19)6-8(7)13)14-4-2-1-3-11(16)17/h5-6,14H,1-4H2,(H,16,17). The van der Waals surface area contributed by atoms with E-state index in [1.807, 2.05) is 0 Å². The molecule has 0 heterocycles. The van der Waals surface area contributed by atoms with Crippen LogP contribution in [-0.4, -0.2) is 22.5 Å². The van der Waals surface area contributed by atoms with Crippen molar-refractivity contribution in [2.75, 3.05) is 11.9 Å². The lowest BCUT2D eigenvalue weighted by molar-refractivity contribution is -0.383. The van der Waals surface area contributed by atoms with Crippen LogP contribution in [0.3, 0.4) is 0 Å². The first-order valence-electron chi connectivity index (χ1n) is 5.51. The molecule has 0 aliphatic rings. The van der Waals surface area contributed by atoms with Crippen molar-refractivity contribution in [3.8, 4) is 0 Å². The number of nitrogens with zero attached hydrogens (tertiary/aromatic N) is 1. The number of halogens is 2. The second-order valence-corrected chi connectivity index (χ2v) is 4.63. The van der Waals surface area contributed by atoms with Gasteiger partial charge in [-0.15, -0.1) is 0 Å². The number of nitro benzene ring substituents is 1. The van der Waals surface area contributed by atoms with Gasteiger partial charge in [-0.25, -0.2) is 0 Å². The van der Waals surface area contributed by atoms with Gasteiger partial charge in [0.05, 0.1) is 15.0 Å². The molecular weight excluding hydrogens is 295 g/mol. The largest absolute Gasteiger partial charge is 0.481 e. The summed E-state index contributed by atoms with van der Waals surface area (Å²) < 4.78 is 0. The first-order valence-corrected chi connectivity index (χ1v) is 6.26. The lowest BCUT2D eigenvalue weighted by Gasteiger charge is -2.08. The Balaban J connectivity index is 2.64. The van der Waals surface area contributed by atoms with Crippen molar-refractivity contribution < 1.29 is 14.8 Å². The Hall–Kier alpha value is -1.53. The molecule has 0 radical (unpaired) electrons. The third kappa shape index (κ3) is 4.92. The van der Waals surface area contributed by atoms with Crippen LogP contribution >= 0.6 is 23.2 Å². The van der Waals surface area contributed by atoms with Crippen molar-refractivity contribution >= 4 is 40.5 Å². The topological polar surface area (TPSA) is 92.5 Å². The number of carbonyl (C=O) groups is 1. The number of nitrogens with one attached hydrogen (secondary N) is 1. The highest BCUT2D eigenvalue weighted by Crippen LogP contribution is 2.33. The van der Waals surface area contributed by atoms with Crippen LogP contribution in [0.1, 0.15) is 19.3 Å². The number of hydrogen-bond donors (Lipinski definition) is 2. The van der Waals surface area contributed by atoms with E-state index in [9.17, 15) is 14.9 Å². The fraction of sp³-hybridized carbons (Fsp3) is 0.364. The Labute approximate surface area is 119 Å². The molecule has 1 rings (SSSR count). The summed E-state index contributed by atoms with van der Waals surface area (Å²) in [6.07, 6.45) is 1.16. The number of nitro groups is 1. The van der Waals surface area contributed by atoms with Crippen LogP contribution < -0.4 is 5.32 Å². The first kappa shape index (κ1) is 15.5. The second kappa shape index (κ2) is 7.16. The van der Waals surface area contributed by atoms with E-state index in [0.717, 1.165) is 0 Å². The summed E-state index contributed by atoms with van der Waals surface area (Å²) in [5.74, 6) is -0.861. The van der Waals surface area contributed by atoms with Crippen molar-refractivity contribution in [1.82, 2.24) is 0 Å². The summed E-state index contributed by atoms with van der Waals surface area (Å²) >= 11 is 11.5. The zero-order valence-electron chi connectivity index (χ0n) is 9.86. The molecular formula is C11H12Cl2N2O4. The number of aliphatic carboxylic acids is 1. The van der Waals surface area contributed by atoms with E-state index in [-0.39, 0.29) is 27.8 Å². The van der Waals surface area contributed by atoms with E-state index < -0.39 is 10.9 Å². The van der Waals surface area contributed by atoms with Gasteiger partial charge in [-0.3, -0.25) is 14.9 Å². The van der Waals surface area contributed by atoms with Gasteiger partial charge < -0.3 is 10.4 Å². The van der Waals surface area contributed by atoms with Gasteiger partial charge in [0.2, 0.25) is 0 Å². The zero-order chi connectivity index (χ0) is 14.4. The molecule has 0 aliphatic heterocycles. The Morgan fingerprint density at radius 3 is 2.53 bits per heavy atom. The Kier molecular flexibility index (Phi) is 5.85. The molecule has 104 valence electrons. The first-order chi connectivity index (χ1) is 8.91. The van der Waals surface area contributed by atoms with Crippen molar-refractivity contribution in [3.63, 3.8) is 0 Å². The maximum atomic E-state index is 10.8. The van der Waals surface area contributed by atoms with Crippen molar-refractivity contribution in [2.45, 2.75) is 19.3 Å². The molecule has 6 nitrogen and oxygen atoms in total. The number of unbranched alkanes of at least 4 members (excludes halogenated alkanes) is 1. The van der Waals surface area contributed by atoms with Crippen molar-refractivity contribution in [2.24, 2.45) is 0 Å². The monoisotopic (exact) mass is 306 g/mol. The lowest BCUT2D eigenvalue weighted by Crippen LogP contribution is -2.05. The predicted octanol–water partition coefficient (Wildman–Crippen LogP) is 3.57. The maximum absolute atomic E-state index is 10.8. The molecule has 0 bridgehead atoms. The fourth-order valence-electron chi connectivity index (χ4n) is 1.45. The van der Waals surface area contributed by atoms with E-state index in [1.54, 1.807) is 0 Å². The van der Waals surface area contributed by atoms with Crippen LogP contribution in [0, 0.1) is 10.1 Å². The molecule has 1 aromatic carbocycles.